The minimum Gasteiger partial charge on any atom is -0.389 e. The third-order valence-corrected chi connectivity index (χ3v) is 6.89. The van der Waals surface area contributed by atoms with Crippen LogP contribution in [0.1, 0.15) is 30.9 Å². The number of hydrogen-bond acceptors (Lipinski definition) is 10. The zero-order chi connectivity index (χ0) is 26.1. The quantitative estimate of drug-likeness (QED) is 0.402. The number of aliphatic hydroxyl groups excluding tert-OH is 1. The third kappa shape index (κ3) is 5.23. The average Bonchev–Trinajstić information content (AvgIpc) is 3.61. The van der Waals surface area contributed by atoms with Crippen LogP contribution < -0.4 is 15.5 Å². The Morgan fingerprint density at radius 2 is 2.05 bits per heavy atom. The summed E-state index contributed by atoms with van der Waals surface area (Å²) in [6.07, 6.45) is 2.49. The fourth-order valence-electron chi connectivity index (χ4n) is 4.51. The van der Waals surface area contributed by atoms with Crippen LogP contribution in [0, 0.1) is 22.7 Å². The summed E-state index contributed by atoms with van der Waals surface area (Å²) in [5, 5.41) is 40.0. The maximum Gasteiger partial charge on any atom is 0.232 e. The summed E-state index contributed by atoms with van der Waals surface area (Å²) in [4.78, 5) is 13.2. The van der Waals surface area contributed by atoms with Gasteiger partial charge in [0.1, 0.15) is 18.3 Å². The Kier molecular flexibility index (Phi) is 6.98. The van der Waals surface area contributed by atoms with Crippen molar-refractivity contribution >= 4 is 40.5 Å². The Balaban J connectivity index is 1.46. The lowest BCUT2D eigenvalue weighted by atomic mass is 10.1. The third-order valence-electron chi connectivity index (χ3n) is 6.50. The number of β-amino-alcohol motifs (C(OH)–C–C–N with tert-alkyl or cyclic N) is 1. The van der Waals surface area contributed by atoms with E-state index in [-0.39, 0.29) is 18.5 Å². The Labute approximate surface area is 218 Å². The number of aromatic nitrogens is 4. The first kappa shape index (κ1) is 25.0. The smallest absolute Gasteiger partial charge is 0.232 e. The number of aliphatic hydroxyl groups is 1. The molecule has 1 saturated carbocycles. The normalized spacial score (nSPS) is 18.9. The van der Waals surface area contributed by atoms with Crippen LogP contribution in [0.4, 0.5) is 27.7 Å². The number of fused-ring (bicyclic) bond motifs is 1. The molecule has 37 heavy (non-hydrogen) atoms. The second kappa shape index (κ2) is 10.3. The van der Waals surface area contributed by atoms with Crippen LogP contribution in [0.3, 0.4) is 0 Å². The molecule has 13 heteroatoms. The van der Waals surface area contributed by atoms with Gasteiger partial charge in [-0.05, 0) is 31.9 Å². The molecule has 1 aliphatic carbocycles. The molecule has 3 aromatic rings. The molecule has 2 aliphatic rings. The molecule has 0 bridgehead atoms. The van der Waals surface area contributed by atoms with E-state index in [2.05, 4.69) is 42.7 Å². The molecule has 2 atom stereocenters. The standard InChI is InChI=1S/C24H26ClFN10O/c1-14-12-34(13-18(37)8-26)4-5-35(14)20-7-15(9-27)6-19(21(20)25)31-23-32-22-16(10-28)11-29-36(22)24(33-23)30-17-2-3-17/h6-7,11,14,17-18,37H,2-5,8,12-13H2,1H3,(H2,30,31,32,33)/t14-,18+/m0/s1. The topological polar surface area (TPSA) is 141 Å². The van der Waals surface area contributed by atoms with Crippen LogP contribution >= 0.6 is 11.6 Å². The van der Waals surface area contributed by atoms with Crippen LogP contribution in [0.5, 0.6) is 0 Å². The lowest BCUT2D eigenvalue weighted by Gasteiger charge is -2.42. The number of nitriles is 2. The molecular weight excluding hydrogens is 499 g/mol. The lowest BCUT2D eigenvalue weighted by Crippen LogP contribution is -2.53. The predicted molar refractivity (Wildman–Crippen MR) is 137 cm³/mol. The van der Waals surface area contributed by atoms with E-state index >= 15 is 0 Å². The first-order chi connectivity index (χ1) is 17.9. The average molecular weight is 525 g/mol. The number of anilines is 4. The Morgan fingerprint density at radius 1 is 1.24 bits per heavy atom. The highest BCUT2D eigenvalue weighted by atomic mass is 35.5. The van der Waals surface area contributed by atoms with E-state index in [4.69, 9.17) is 11.6 Å². The number of benzene rings is 1. The van der Waals surface area contributed by atoms with E-state index in [1.54, 1.807) is 12.1 Å². The summed E-state index contributed by atoms with van der Waals surface area (Å²) in [7, 11) is 0. The fourth-order valence-corrected chi connectivity index (χ4v) is 4.78. The van der Waals surface area contributed by atoms with Crippen LogP contribution in [0.2, 0.25) is 5.02 Å². The minimum atomic E-state index is -1.01. The summed E-state index contributed by atoms with van der Waals surface area (Å²) >= 11 is 6.86. The van der Waals surface area contributed by atoms with Crippen molar-refractivity contribution in [2.45, 2.75) is 38.0 Å². The van der Waals surface area contributed by atoms with E-state index in [0.717, 1.165) is 12.8 Å². The van der Waals surface area contributed by atoms with Crippen LogP contribution in [0.15, 0.2) is 18.3 Å². The maximum atomic E-state index is 12.8. The second-order valence-electron chi connectivity index (χ2n) is 9.40. The molecule has 0 radical (unpaired) electrons. The molecule has 0 spiro atoms. The number of rotatable bonds is 8. The molecule has 3 heterocycles. The van der Waals surface area contributed by atoms with Gasteiger partial charge in [0.2, 0.25) is 11.9 Å². The number of halogens is 2. The van der Waals surface area contributed by atoms with E-state index in [9.17, 15) is 20.0 Å². The SMILES string of the molecule is C[C@H]1CN(C[C@H](O)CF)CCN1c1cc(C#N)cc(Nc2nc(NC3CC3)n3ncc(C#N)c3n2)c1Cl. The Hall–Kier alpha value is -3.71. The molecule has 1 aromatic carbocycles. The lowest BCUT2D eigenvalue weighted by molar-refractivity contribution is 0.0817. The van der Waals surface area contributed by atoms with Crippen molar-refractivity contribution in [3.05, 3.63) is 34.5 Å². The van der Waals surface area contributed by atoms with Gasteiger partial charge in [-0.2, -0.15) is 30.1 Å². The number of nitrogens with one attached hydrogen (secondary N) is 2. The van der Waals surface area contributed by atoms with Gasteiger partial charge in [0.05, 0.1) is 40.3 Å². The van der Waals surface area contributed by atoms with E-state index in [1.165, 1.54) is 10.7 Å². The van der Waals surface area contributed by atoms with Crippen molar-refractivity contribution in [2.24, 2.45) is 0 Å². The van der Waals surface area contributed by atoms with Crippen LogP contribution in [0.25, 0.3) is 5.65 Å². The van der Waals surface area contributed by atoms with Gasteiger partial charge >= 0.3 is 0 Å². The van der Waals surface area contributed by atoms with Crippen molar-refractivity contribution < 1.29 is 9.50 Å². The molecule has 1 aliphatic heterocycles. The molecular formula is C24H26ClFN10O. The predicted octanol–water partition coefficient (Wildman–Crippen LogP) is 2.68. The minimum absolute atomic E-state index is 0.00628. The Bertz CT molecular complexity index is 1390. The molecule has 0 amide bonds. The van der Waals surface area contributed by atoms with Gasteiger partial charge < -0.3 is 20.6 Å². The number of hydrogen-bond donors (Lipinski definition) is 3. The van der Waals surface area contributed by atoms with Crippen LogP contribution in [-0.4, -0.2) is 80.6 Å². The van der Waals surface area contributed by atoms with Gasteiger partial charge in [0.15, 0.2) is 5.65 Å². The molecule has 3 N–H and O–H groups in total. The molecule has 5 rings (SSSR count). The highest BCUT2D eigenvalue weighted by molar-refractivity contribution is 6.36. The van der Waals surface area contributed by atoms with Gasteiger partial charge in [-0.25, -0.2) is 4.39 Å². The van der Waals surface area contributed by atoms with Crippen molar-refractivity contribution in [3.63, 3.8) is 0 Å². The van der Waals surface area contributed by atoms with Gasteiger partial charge in [-0.15, -0.1) is 0 Å². The van der Waals surface area contributed by atoms with Crippen molar-refractivity contribution in [1.29, 1.82) is 10.5 Å². The Morgan fingerprint density at radius 3 is 2.73 bits per heavy atom. The van der Waals surface area contributed by atoms with Crippen LogP contribution in [-0.2, 0) is 0 Å². The van der Waals surface area contributed by atoms with E-state index < -0.39 is 12.8 Å². The highest BCUT2D eigenvalue weighted by Gasteiger charge is 2.28. The zero-order valence-corrected chi connectivity index (χ0v) is 21.0. The summed E-state index contributed by atoms with van der Waals surface area (Å²) in [5.74, 6) is 0.679. The van der Waals surface area contributed by atoms with Crippen molar-refractivity contribution in [2.75, 3.05) is 48.4 Å². The van der Waals surface area contributed by atoms with Crippen molar-refractivity contribution in [3.8, 4) is 12.1 Å². The molecule has 1 saturated heterocycles. The molecule has 0 unspecified atom stereocenters. The zero-order valence-electron chi connectivity index (χ0n) is 20.2. The highest BCUT2D eigenvalue weighted by Crippen LogP contribution is 2.37. The summed E-state index contributed by atoms with van der Waals surface area (Å²) in [6.45, 7) is 3.33. The first-order valence-electron chi connectivity index (χ1n) is 12.1. The molecule has 2 aromatic heterocycles. The molecule has 192 valence electrons. The molecule has 11 nitrogen and oxygen atoms in total. The summed E-state index contributed by atoms with van der Waals surface area (Å²) < 4.78 is 14.3. The van der Waals surface area contributed by atoms with Gasteiger partial charge in [-0.1, -0.05) is 11.6 Å². The van der Waals surface area contributed by atoms with Gasteiger partial charge in [-0.3, -0.25) is 4.90 Å². The summed E-state index contributed by atoms with van der Waals surface area (Å²) in [6, 6.07) is 7.96. The summed E-state index contributed by atoms with van der Waals surface area (Å²) in [5.41, 5.74) is 2.21. The first-order valence-corrected chi connectivity index (χ1v) is 12.4. The second-order valence-corrected chi connectivity index (χ2v) is 9.78. The monoisotopic (exact) mass is 524 g/mol. The largest absolute Gasteiger partial charge is 0.389 e. The number of nitrogens with zero attached hydrogens (tertiary/aromatic N) is 8. The molecule has 2 fully saturated rings. The van der Waals surface area contributed by atoms with Gasteiger partial charge in [0, 0.05) is 38.3 Å². The van der Waals surface area contributed by atoms with Crippen molar-refractivity contribution in [1.82, 2.24) is 24.5 Å². The van der Waals surface area contributed by atoms with E-state index in [1.807, 2.05) is 11.8 Å². The fraction of sp³-hybridized carbons (Fsp3) is 0.458. The maximum absolute atomic E-state index is 12.8. The number of alkyl halides is 1. The van der Waals surface area contributed by atoms with E-state index in [0.29, 0.717) is 64.8 Å². The van der Waals surface area contributed by atoms with Gasteiger partial charge in [0.25, 0.3) is 0 Å². The number of piperazine rings is 1.